The van der Waals surface area contributed by atoms with Crippen LogP contribution >= 0.6 is 0 Å². The van der Waals surface area contributed by atoms with Crippen LogP contribution in [0.25, 0.3) is 0 Å². The van der Waals surface area contributed by atoms with Crippen molar-refractivity contribution in [1.82, 2.24) is 0 Å². The van der Waals surface area contributed by atoms with Gasteiger partial charge < -0.3 is 5.11 Å². The molecule has 0 saturated carbocycles. The molecule has 0 spiro atoms. The van der Waals surface area contributed by atoms with Crippen LogP contribution in [0.2, 0.25) is 0 Å². The average Bonchev–Trinajstić information content (AvgIpc) is 2.38. The van der Waals surface area contributed by atoms with Crippen LogP contribution in [0.1, 0.15) is 43.4 Å². The highest BCUT2D eigenvalue weighted by atomic mass is 19.1. The summed E-state index contributed by atoms with van der Waals surface area (Å²) in [4.78, 5) is 0. The molecule has 2 aromatic rings. The Bertz CT molecular complexity index is 585. The number of halogens is 1. The standard InChI is InChI=1S/C19H23FO/c1-14(2)17-9-7-15(8-10-17)12-19(3,21)13-16-5-4-6-18(20)11-16/h4-11,14,21H,12-13H2,1-3H3. The van der Waals surface area contributed by atoms with Crippen LogP contribution in [-0.2, 0) is 12.8 Å². The Morgan fingerprint density at radius 2 is 1.62 bits per heavy atom. The quantitative estimate of drug-likeness (QED) is 0.859. The van der Waals surface area contributed by atoms with E-state index in [-0.39, 0.29) is 5.82 Å². The highest BCUT2D eigenvalue weighted by molar-refractivity contribution is 5.26. The third-order valence-electron chi connectivity index (χ3n) is 3.71. The lowest BCUT2D eigenvalue weighted by atomic mass is 9.89. The van der Waals surface area contributed by atoms with Gasteiger partial charge in [0.25, 0.3) is 0 Å². The van der Waals surface area contributed by atoms with Crippen molar-refractivity contribution < 1.29 is 9.50 Å². The molecule has 1 unspecified atom stereocenters. The van der Waals surface area contributed by atoms with Crippen molar-refractivity contribution in [2.75, 3.05) is 0 Å². The van der Waals surface area contributed by atoms with E-state index < -0.39 is 5.60 Å². The first-order valence-corrected chi connectivity index (χ1v) is 7.41. The monoisotopic (exact) mass is 286 g/mol. The van der Waals surface area contributed by atoms with Gasteiger partial charge in [-0.25, -0.2) is 4.39 Å². The number of rotatable bonds is 5. The van der Waals surface area contributed by atoms with Gasteiger partial charge in [-0.2, -0.15) is 0 Å². The summed E-state index contributed by atoms with van der Waals surface area (Å²) >= 11 is 0. The van der Waals surface area contributed by atoms with Crippen LogP contribution in [0.15, 0.2) is 48.5 Å². The lowest BCUT2D eigenvalue weighted by molar-refractivity contribution is 0.0608. The molecule has 1 atom stereocenters. The van der Waals surface area contributed by atoms with Gasteiger partial charge in [-0.3, -0.25) is 0 Å². The third kappa shape index (κ3) is 4.68. The molecule has 0 aliphatic rings. The Balaban J connectivity index is 2.06. The Hall–Kier alpha value is -1.67. The minimum atomic E-state index is -0.882. The van der Waals surface area contributed by atoms with Gasteiger partial charge in [0.15, 0.2) is 0 Å². The predicted molar refractivity (Wildman–Crippen MR) is 85.0 cm³/mol. The Morgan fingerprint density at radius 1 is 1.00 bits per heavy atom. The molecule has 0 aliphatic heterocycles. The summed E-state index contributed by atoms with van der Waals surface area (Å²) in [5.74, 6) is 0.247. The first-order chi connectivity index (χ1) is 9.85. The molecule has 0 aliphatic carbocycles. The summed E-state index contributed by atoms with van der Waals surface area (Å²) in [7, 11) is 0. The van der Waals surface area contributed by atoms with E-state index in [4.69, 9.17) is 0 Å². The maximum atomic E-state index is 13.2. The second-order valence-electron chi connectivity index (χ2n) is 6.38. The van der Waals surface area contributed by atoms with E-state index in [2.05, 4.69) is 38.1 Å². The number of benzene rings is 2. The van der Waals surface area contributed by atoms with Crippen LogP contribution in [-0.4, -0.2) is 10.7 Å². The first kappa shape index (κ1) is 15.7. The molecule has 112 valence electrons. The van der Waals surface area contributed by atoms with Crippen molar-refractivity contribution in [1.29, 1.82) is 0 Å². The summed E-state index contributed by atoms with van der Waals surface area (Å²) < 4.78 is 13.2. The predicted octanol–water partition coefficient (Wildman–Crippen LogP) is 4.49. The first-order valence-electron chi connectivity index (χ1n) is 7.41. The molecule has 0 amide bonds. The average molecular weight is 286 g/mol. The van der Waals surface area contributed by atoms with Crippen molar-refractivity contribution in [3.05, 3.63) is 71.0 Å². The topological polar surface area (TPSA) is 20.2 Å². The summed E-state index contributed by atoms with van der Waals surface area (Å²) in [6.45, 7) is 6.12. The third-order valence-corrected chi connectivity index (χ3v) is 3.71. The molecular formula is C19H23FO. The van der Waals surface area contributed by atoms with Crippen LogP contribution in [0.5, 0.6) is 0 Å². The normalized spacial score (nSPS) is 14.2. The summed E-state index contributed by atoms with van der Waals surface area (Å²) in [6, 6.07) is 14.8. The van der Waals surface area contributed by atoms with E-state index in [1.54, 1.807) is 13.0 Å². The smallest absolute Gasteiger partial charge is 0.123 e. The Labute approximate surface area is 126 Å². The Kier molecular flexibility index (Phi) is 4.79. The number of hydrogen-bond donors (Lipinski definition) is 1. The fourth-order valence-electron chi connectivity index (χ4n) is 2.61. The molecule has 0 heterocycles. The molecule has 0 aromatic heterocycles. The van der Waals surface area contributed by atoms with E-state index >= 15 is 0 Å². The highest BCUT2D eigenvalue weighted by Gasteiger charge is 2.21. The Morgan fingerprint density at radius 3 is 2.19 bits per heavy atom. The minimum Gasteiger partial charge on any atom is -0.389 e. The van der Waals surface area contributed by atoms with Crippen molar-refractivity contribution >= 4 is 0 Å². The fourth-order valence-corrected chi connectivity index (χ4v) is 2.61. The summed E-state index contributed by atoms with van der Waals surface area (Å²) in [5, 5.41) is 10.6. The lowest BCUT2D eigenvalue weighted by Crippen LogP contribution is -2.30. The maximum absolute atomic E-state index is 13.2. The van der Waals surface area contributed by atoms with Crippen molar-refractivity contribution in [3.63, 3.8) is 0 Å². The van der Waals surface area contributed by atoms with Gasteiger partial charge in [-0.15, -0.1) is 0 Å². The highest BCUT2D eigenvalue weighted by Crippen LogP contribution is 2.21. The van der Waals surface area contributed by atoms with Gasteiger partial charge in [0.05, 0.1) is 5.60 Å². The molecule has 0 radical (unpaired) electrons. The molecule has 2 aromatic carbocycles. The van der Waals surface area contributed by atoms with E-state index in [0.29, 0.717) is 18.8 Å². The molecule has 2 heteroatoms. The van der Waals surface area contributed by atoms with Gasteiger partial charge in [0.1, 0.15) is 5.82 Å². The van der Waals surface area contributed by atoms with Crippen molar-refractivity contribution in [3.8, 4) is 0 Å². The molecule has 1 nitrogen and oxygen atoms in total. The van der Waals surface area contributed by atoms with Gasteiger partial charge in [0, 0.05) is 12.8 Å². The van der Waals surface area contributed by atoms with E-state index in [1.807, 2.05) is 6.07 Å². The molecule has 0 fully saturated rings. The van der Waals surface area contributed by atoms with Gasteiger partial charge in [0.2, 0.25) is 0 Å². The maximum Gasteiger partial charge on any atom is 0.123 e. The van der Waals surface area contributed by atoms with E-state index in [1.165, 1.54) is 17.7 Å². The zero-order chi connectivity index (χ0) is 15.5. The molecule has 1 N–H and O–H groups in total. The zero-order valence-corrected chi connectivity index (χ0v) is 12.9. The SMILES string of the molecule is CC(C)c1ccc(CC(C)(O)Cc2cccc(F)c2)cc1. The van der Waals surface area contributed by atoms with E-state index in [9.17, 15) is 9.50 Å². The molecule has 0 saturated heterocycles. The van der Waals surface area contributed by atoms with Gasteiger partial charge in [-0.05, 0) is 41.7 Å². The van der Waals surface area contributed by atoms with Crippen LogP contribution in [0, 0.1) is 5.82 Å². The molecule has 2 rings (SSSR count). The zero-order valence-electron chi connectivity index (χ0n) is 12.9. The largest absolute Gasteiger partial charge is 0.389 e. The minimum absolute atomic E-state index is 0.260. The second kappa shape index (κ2) is 6.40. The van der Waals surface area contributed by atoms with Crippen LogP contribution in [0.3, 0.4) is 0 Å². The van der Waals surface area contributed by atoms with Crippen molar-refractivity contribution in [2.45, 2.75) is 45.1 Å². The lowest BCUT2D eigenvalue weighted by Gasteiger charge is -2.24. The second-order valence-corrected chi connectivity index (χ2v) is 6.38. The molecule has 21 heavy (non-hydrogen) atoms. The van der Waals surface area contributed by atoms with Gasteiger partial charge >= 0.3 is 0 Å². The summed E-state index contributed by atoms with van der Waals surface area (Å²) in [5.41, 5.74) is 2.33. The van der Waals surface area contributed by atoms with Crippen LogP contribution < -0.4 is 0 Å². The van der Waals surface area contributed by atoms with Gasteiger partial charge in [-0.1, -0.05) is 50.2 Å². The van der Waals surface area contributed by atoms with E-state index in [0.717, 1.165) is 11.1 Å². The van der Waals surface area contributed by atoms with Crippen molar-refractivity contribution in [2.24, 2.45) is 0 Å². The van der Waals surface area contributed by atoms with Crippen LogP contribution in [0.4, 0.5) is 4.39 Å². The fraction of sp³-hybridized carbons (Fsp3) is 0.368. The number of aliphatic hydroxyl groups is 1. The number of hydrogen-bond acceptors (Lipinski definition) is 1. The molecular weight excluding hydrogens is 263 g/mol. The molecule has 0 bridgehead atoms. The summed E-state index contributed by atoms with van der Waals surface area (Å²) in [6.07, 6.45) is 0.999.